The van der Waals surface area contributed by atoms with Crippen LogP contribution in [0.2, 0.25) is 0 Å². The van der Waals surface area contributed by atoms with Crippen molar-refractivity contribution in [1.82, 2.24) is 4.98 Å². The first-order valence-corrected chi connectivity index (χ1v) is 8.22. The van der Waals surface area contributed by atoms with Gasteiger partial charge in [-0.2, -0.15) is 0 Å². The quantitative estimate of drug-likeness (QED) is 0.708. The Morgan fingerprint density at radius 1 is 1.00 bits per heavy atom. The number of aromatic amines is 1. The molecule has 2 N–H and O–H groups in total. The Balaban J connectivity index is 1.84. The molecule has 6 heteroatoms. The van der Waals surface area contributed by atoms with Gasteiger partial charge in [-0.1, -0.05) is 0 Å². The first-order chi connectivity index (χ1) is 12.5. The molecule has 0 saturated carbocycles. The van der Waals surface area contributed by atoms with Gasteiger partial charge in [-0.25, -0.2) is 0 Å². The van der Waals surface area contributed by atoms with E-state index in [1.54, 1.807) is 39.5 Å². The van der Waals surface area contributed by atoms with Crippen molar-refractivity contribution in [2.24, 2.45) is 0 Å². The number of carbonyl (C=O) groups is 1. The Kier molecular flexibility index (Phi) is 5.02. The first kappa shape index (κ1) is 17.7. The lowest BCUT2D eigenvalue weighted by atomic mass is 10.1. The topological polar surface area (TPSA) is 72.6 Å². The Hall–Kier alpha value is -3.15. The molecule has 3 aromatic rings. The predicted octanol–water partition coefficient (Wildman–Crippen LogP) is 3.68. The summed E-state index contributed by atoms with van der Waals surface area (Å²) in [6, 6.07) is 11.1. The lowest BCUT2D eigenvalue weighted by Crippen LogP contribution is -2.15. The van der Waals surface area contributed by atoms with E-state index in [0.29, 0.717) is 17.2 Å². The van der Waals surface area contributed by atoms with Gasteiger partial charge < -0.3 is 24.5 Å². The Morgan fingerprint density at radius 3 is 2.38 bits per heavy atom. The minimum absolute atomic E-state index is 0.125. The van der Waals surface area contributed by atoms with E-state index in [9.17, 15) is 4.79 Å². The van der Waals surface area contributed by atoms with Gasteiger partial charge in [-0.3, -0.25) is 4.79 Å². The number of amides is 1. The predicted molar refractivity (Wildman–Crippen MR) is 101 cm³/mol. The molecule has 0 unspecified atom stereocenters. The molecule has 0 atom stereocenters. The molecule has 26 heavy (non-hydrogen) atoms. The second kappa shape index (κ2) is 7.39. The second-order valence-corrected chi connectivity index (χ2v) is 5.93. The van der Waals surface area contributed by atoms with Crippen molar-refractivity contribution in [3.05, 3.63) is 47.7 Å². The Labute approximate surface area is 152 Å². The minimum Gasteiger partial charge on any atom is -0.497 e. The molecule has 136 valence electrons. The summed E-state index contributed by atoms with van der Waals surface area (Å²) >= 11 is 0. The van der Waals surface area contributed by atoms with E-state index >= 15 is 0 Å². The van der Waals surface area contributed by atoms with Crippen molar-refractivity contribution in [3.8, 4) is 17.2 Å². The van der Waals surface area contributed by atoms with Crippen LogP contribution in [-0.2, 0) is 11.2 Å². The van der Waals surface area contributed by atoms with E-state index in [4.69, 9.17) is 14.2 Å². The lowest BCUT2D eigenvalue weighted by molar-refractivity contribution is -0.115. The van der Waals surface area contributed by atoms with Gasteiger partial charge in [-0.05, 0) is 42.8 Å². The third-order valence-corrected chi connectivity index (χ3v) is 4.35. The number of hydrogen-bond acceptors (Lipinski definition) is 4. The van der Waals surface area contributed by atoms with Crippen LogP contribution in [0.15, 0.2) is 36.4 Å². The molecule has 1 amide bonds. The average Bonchev–Trinajstić information content (AvgIpc) is 2.96. The average molecular weight is 354 g/mol. The van der Waals surface area contributed by atoms with Crippen molar-refractivity contribution < 1.29 is 19.0 Å². The number of ether oxygens (including phenoxy) is 3. The van der Waals surface area contributed by atoms with Crippen LogP contribution in [0, 0.1) is 6.92 Å². The van der Waals surface area contributed by atoms with Gasteiger partial charge in [0.05, 0.1) is 33.4 Å². The van der Waals surface area contributed by atoms with Gasteiger partial charge in [0, 0.05) is 22.7 Å². The number of aromatic nitrogens is 1. The van der Waals surface area contributed by atoms with E-state index < -0.39 is 0 Å². The van der Waals surface area contributed by atoms with E-state index in [1.165, 1.54) is 0 Å². The summed E-state index contributed by atoms with van der Waals surface area (Å²) in [5.41, 5.74) is 3.50. The minimum atomic E-state index is -0.125. The number of H-pyrrole nitrogens is 1. The number of rotatable bonds is 6. The van der Waals surface area contributed by atoms with E-state index in [0.717, 1.165) is 27.9 Å². The highest BCUT2D eigenvalue weighted by atomic mass is 16.5. The highest BCUT2D eigenvalue weighted by Crippen LogP contribution is 2.30. The van der Waals surface area contributed by atoms with E-state index in [-0.39, 0.29) is 12.3 Å². The molecule has 0 aliphatic rings. The molecular formula is C20H22N2O4. The zero-order valence-electron chi connectivity index (χ0n) is 15.3. The molecule has 2 aromatic carbocycles. The van der Waals surface area contributed by atoms with Gasteiger partial charge in [0.2, 0.25) is 5.91 Å². The zero-order valence-corrected chi connectivity index (χ0v) is 15.3. The first-order valence-electron chi connectivity index (χ1n) is 8.22. The molecule has 0 spiro atoms. The van der Waals surface area contributed by atoms with Crippen LogP contribution < -0.4 is 19.5 Å². The number of benzene rings is 2. The molecule has 0 saturated heterocycles. The Bertz CT molecular complexity index is 946. The van der Waals surface area contributed by atoms with Crippen molar-refractivity contribution >= 4 is 22.5 Å². The van der Waals surface area contributed by atoms with Crippen LogP contribution in [0.1, 0.15) is 11.3 Å². The molecule has 0 aliphatic carbocycles. The standard InChI is InChI=1S/C20H22N2O4/c1-12-15(16-9-13(24-2)5-7-17(16)21-12)11-20(23)22-18-8-6-14(25-3)10-19(18)26-4/h5-10,21H,11H2,1-4H3,(H,22,23). The molecule has 1 aromatic heterocycles. The Morgan fingerprint density at radius 2 is 1.69 bits per heavy atom. The van der Waals surface area contributed by atoms with Crippen molar-refractivity contribution in [2.45, 2.75) is 13.3 Å². The van der Waals surface area contributed by atoms with Crippen LogP contribution in [-0.4, -0.2) is 32.2 Å². The lowest BCUT2D eigenvalue weighted by Gasteiger charge is -2.12. The van der Waals surface area contributed by atoms with Gasteiger partial charge in [0.1, 0.15) is 17.2 Å². The van der Waals surface area contributed by atoms with Crippen LogP contribution in [0.5, 0.6) is 17.2 Å². The number of fused-ring (bicyclic) bond motifs is 1. The van der Waals surface area contributed by atoms with Gasteiger partial charge in [0.15, 0.2) is 0 Å². The number of nitrogens with one attached hydrogen (secondary N) is 2. The normalized spacial score (nSPS) is 10.6. The summed E-state index contributed by atoms with van der Waals surface area (Å²) < 4.78 is 15.8. The van der Waals surface area contributed by atoms with Gasteiger partial charge in [0.25, 0.3) is 0 Å². The second-order valence-electron chi connectivity index (χ2n) is 5.93. The van der Waals surface area contributed by atoms with Gasteiger partial charge >= 0.3 is 0 Å². The van der Waals surface area contributed by atoms with Crippen LogP contribution in [0.4, 0.5) is 5.69 Å². The highest BCUT2D eigenvalue weighted by Gasteiger charge is 2.15. The molecule has 0 aliphatic heterocycles. The summed E-state index contributed by atoms with van der Waals surface area (Å²) in [6.07, 6.45) is 0.244. The number of hydrogen-bond donors (Lipinski definition) is 2. The molecular weight excluding hydrogens is 332 g/mol. The number of anilines is 1. The largest absolute Gasteiger partial charge is 0.497 e. The number of aryl methyl sites for hydroxylation is 1. The maximum atomic E-state index is 12.6. The summed E-state index contributed by atoms with van der Waals surface area (Å²) in [6.45, 7) is 1.96. The number of methoxy groups -OCH3 is 3. The maximum absolute atomic E-state index is 12.6. The molecule has 3 rings (SSSR count). The van der Waals surface area contributed by atoms with E-state index in [2.05, 4.69) is 10.3 Å². The highest BCUT2D eigenvalue weighted by molar-refractivity contribution is 5.97. The zero-order chi connectivity index (χ0) is 18.7. The summed E-state index contributed by atoms with van der Waals surface area (Å²) in [7, 11) is 4.77. The van der Waals surface area contributed by atoms with Crippen LogP contribution >= 0.6 is 0 Å². The van der Waals surface area contributed by atoms with Crippen molar-refractivity contribution in [1.29, 1.82) is 0 Å². The molecule has 0 bridgehead atoms. The monoisotopic (exact) mass is 354 g/mol. The third-order valence-electron chi connectivity index (χ3n) is 4.35. The molecule has 6 nitrogen and oxygen atoms in total. The SMILES string of the molecule is COc1ccc(NC(=O)Cc2c(C)[nH]c3ccc(OC)cc23)c(OC)c1. The van der Waals surface area contributed by atoms with Crippen LogP contribution in [0.25, 0.3) is 10.9 Å². The van der Waals surface area contributed by atoms with Gasteiger partial charge in [-0.15, -0.1) is 0 Å². The molecule has 1 heterocycles. The van der Waals surface area contributed by atoms with Crippen LogP contribution in [0.3, 0.4) is 0 Å². The number of carbonyl (C=O) groups excluding carboxylic acids is 1. The van der Waals surface area contributed by atoms with E-state index in [1.807, 2.05) is 25.1 Å². The van der Waals surface area contributed by atoms with Crippen molar-refractivity contribution in [3.63, 3.8) is 0 Å². The molecule has 0 fully saturated rings. The smallest absolute Gasteiger partial charge is 0.228 e. The third kappa shape index (κ3) is 3.44. The molecule has 0 radical (unpaired) electrons. The maximum Gasteiger partial charge on any atom is 0.228 e. The fourth-order valence-corrected chi connectivity index (χ4v) is 2.97. The summed E-state index contributed by atoms with van der Waals surface area (Å²) in [5.74, 6) is 1.85. The van der Waals surface area contributed by atoms with Crippen molar-refractivity contribution in [2.75, 3.05) is 26.6 Å². The summed E-state index contributed by atoms with van der Waals surface area (Å²) in [4.78, 5) is 15.9. The fourth-order valence-electron chi connectivity index (χ4n) is 2.97. The fraction of sp³-hybridized carbons (Fsp3) is 0.250. The summed E-state index contributed by atoms with van der Waals surface area (Å²) in [5, 5.41) is 3.89.